The molecule has 2 aliphatic rings. The summed E-state index contributed by atoms with van der Waals surface area (Å²) in [6, 6.07) is 6.71. The Kier molecular flexibility index (Phi) is 1.99. The molecule has 15 heavy (non-hydrogen) atoms. The van der Waals surface area contributed by atoms with E-state index >= 15 is 0 Å². The standard InChI is InChI=1S/C13H17NO/c1-14-8-7-10-9-3-2-4-13(15)11(9)5-6-12(10)14/h2-4,10,12,15H,5-8H2,1H3/t10-,12-/m0/s1. The highest BCUT2D eigenvalue weighted by Gasteiger charge is 2.37. The summed E-state index contributed by atoms with van der Waals surface area (Å²) in [4.78, 5) is 2.47. The van der Waals surface area contributed by atoms with Crippen molar-refractivity contribution in [1.29, 1.82) is 0 Å². The van der Waals surface area contributed by atoms with Gasteiger partial charge in [-0.1, -0.05) is 12.1 Å². The number of nitrogens with zero attached hydrogens (tertiary/aromatic N) is 1. The number of likely N-dealkylation sites (tertiary alicyclic amines) is 1. The quantitative estimate of drug-likeness (QED) is 0.698. The highest BCUT2D eigenvalue weighted by atomic mass is 16.3. The molecular weight excluding hydrogens is 186 g/mol. The second-order valence-corrected chi connectivity index (χ2v) is 4.83. The number of benzene rings is 1. The van der Waals surface area contributed by atoms with Crippen molar-refractivity contribution in [1.82, 2.24) is 4.90 Å². The highest BCUT2D eigenvalue weighted by molar-refractivity contribution is 5.44. The summed E-state index contributed by atoms with van der Waals surface area (Å²) in [5.74, 6) is 1.16. The van der Waals surface area contributed by atoms with Crippen molar-refractivity contribution in [2.75, 3.05) is 13.6 Å². The van der Waals surface area contributed by atoms with Crippen LogP contribution in [0.4, 0.5) is 0 Å². The first kappa shape index (κ1) is 9.22. The van der Waals surface area contributed by atoms with E-state index in [-0.39, 0.29) is 0 Å². The maximum atomic E-state index is 9.83. The van der Waals surface area contributed by atoms with E-state index in [1.807, 2.05) is 12.1 Å². The number of phenols is 1. The van der Waals surface area contributed by atoms with Crippen LogP contribution in [0.2, 0.25) is 0 Å². The predicted octanol–water partition coefficient (Wildman–Crippen LogP) is 2.13. The lowest BCUT2D eigenvalue weighted by Gasteiger charge is -2.31. The van der Waals surface area contributed by atoms with Crippen molar-refractivity contribution in [3.8, 4) is 5.75 Å². The topological polar surface area (TPSA) is 23.5 Å². The van der Waals surface area contributed by atoms with E-state index in [2.05, 4.69) is 18.0 Å². The van der Waals surface area contributed by atoms with Crippen LogP contribution in [0.15, 0.2) is 18.2 Å². The van der Waals surface area contributed by atoms with Crippen molar-refractivity contribution >= 4 is 0 Å². The number of hydrogen-bond donors (Lipinski definition) is 1. The smallest absolute Gasteiger partial charge is 0.119 e. The molecule has 1 aliphatic heterocycles. The van der Waals surface area contributed by atoms with Crippen LogP contribution in [0, 0.1) is 0 Å². The van der Waals surface area contributed by atoms with E-state index in [1.165, 1.54) is 30.5 Å². The van der Waals surface area contributed by atoms with Gasteiger partial charge in [0.15, 0.2) is 0 Å². The molecule has 2 atom stereocenters. The Labute approximate surface area is 90.5 Å². The molecule has 0 radical (unpaired) electrons. The minimum atomic E-state index is 0.500. The third-order valence-corrected chi connectivity index (χ3v) is 4.10. The molecule has 1 heterocycles. The second kappa shape index (κ2) is 3.24. The summed E-state index contributed by atoms with van der Waals surface area (Å²) >= 11 is 0. The Balaban J connectivity index is 2.06. The monoisotopic (exact) mass is 203 g/mol. The van der Waals surface area contributed by atoms with Crippen molar-refractivity contribution in [3.63, 3.8) is 0 Å². The predicted molar refractivity (Wildman–Crippen MR) is 60.2 cm³/mol. The highest BCUT2D eigenvalue weighted by Crippen LogP contribution is 2.43. The van der Waals surface area contributed by atoms with Gasteiger partial charge in [0.1, 0.15) is 5.75 Å². The number of hydrogen-bond acceptors (Lipinski definition) is 2. The van der Waals surface area contributed by atoms with Crippen LogP contribution < -0.4 is 0 Å². The Morgan fingerprint density at radius 1 is 1.33 bits per heavy atom. The van der Waals surface area contributed by atoms with Gasteiger partial charge in [-0.2, -0.15) is 0 Å². The first-order chi connectivity index (χ1) is 7.27. The lowest BCUT2D eigenvalue weighted by molar-refractivity contribution is 0.273. The average Bonchev–Trinajstić information content (AvgIpc) is 2.61. The average molecular weight is 203 g/mol. The molecule has 1 fully saturated rings. The third-order valence-electron chi connectivity index (χ3n) is 4.10. The second-order valence-electron chi connectivity index (χ2n) is 4.83. The summed E-state index contributed by atoms with van der Waals surface area (Å²) in [7, 11) is 2.22. The van der Waals surface area contributed by atoms with Crippen LogP contribution in [-0.4, -0.2) is 29.6 Å². The molecule has 1 aromatic carbocycles. The minimum Gasteiger partial charge on any atom is -0.508 e. The van der Waals surface area contributed by atoms with E-state index in [9.17, 15) is 5.11 Å². The minimum absolute atomic E-state index is 0.500. The summed E-state index contributed by atoms with van der Waals surface area (Å²) in [5.41, 5.74) is 2.60. The number of phenolic OH excluding ortho intramolecular Hbond substituents is 1. The van der Waals surface area contributed by atoms with Gasteiger partial charge in [-0.15, -0.1) is 0 Å². The van der Waals surface area contributed by atoms with Gasteiger partial charge < -0.3 is 10.0 Å². The van der Waals surface area contributed by atoms with Crippen LogP contribution >= 0.6 is 0 Å². The Bertz CT molecular complexity index is 388. The number of fused-ring (bicyclic) bond motifs is 3. The molecule has 0 aromatic heterocycles. The molecule has 3 rings (SSSR count). The van der Waals surface area contributed by atoms with Gasteiger partial charge in [-0.3, -0.25) is 0 Å². The summed E-state index contributed by atoms with van der Waals surface area (Å²) in [6.07, 6.45) is 3.48. The lowest BCUT2D eigenvalue weighted by Crippen LogP contribution is -2.32. The zero-order chi connectivity index (χ0) is 10.4. The molecule has 0 spiro atoms. The van der Waals surface area contributed by atoms with E-state index in [0.29, 0.717) is 17.7 Å². The fourth-order valence-corrected chi connectivity index (χ4v) is 3.30. The Hall–Kier alpha value is -1.02. The lowest BCUT2D eigenvalue weighted by atomic mass is 9.79. The molecule has 2 heteroatoms. The molecule has 2 nitrogen and oxygen atoms in total. The molecule has 1 aromatic rings. The summed E-state index contributed by atoms with van der Waals surface area (Å²) < 4.78 is 0. The van der Waals surface area contributed by atoms with Crippen molar-refractivity contribution in [2.45, 2.75) is 31.2 Å². The molecule has 0 bridgehead atoms. The molecule has 1 saturated heterocycles. The SMILES string of the molecule is CN1CC[C@H]2c3cccc(O)c3CC[C@@H]21. The van der Waals surface area contributed by atoms with E-state index in [0.717, 1.165) is 6.42 Å². The molecular formula is C13H17NO. The molecule has 0 amide bonds. The van der Waals surface area contributed by atoms with Crippen LogP contribution in [0.25, 0.3) is 0 Å². The normalized spacial score (nSPS) is 29.9. The van der Waals surface area contributed by atoms with Gasteiger partial charge in [0.05, 0.1) is 0 Å². The Morgan fingerprint density at radius 3 is 3.07 bits per heavy atom. The van der Waals surface area contributed by atoms with Gasteiger partial charge >= 0.3 is 0 Å². The summed E-state index contributed by atoms with van der Waals surface area (Å²) in [6.45, 7) is 1.20. The number of likely N-dealkylation sites (N-methyl/N-ethyl adjacent to an activating group) is 1. The number of aromatic hydroxyl groups is 1. The fourth-order valence-electron chi connectivity index (χ4n) is 3.30. The van der Waals surface area contributed by atoms with Crippen LogP contribution in [-0.2, 0) is 6.42 Å². The van der Waals surface area contributed by atoms with Gasteiger partial charge in [0.2, 0.25) is 0 Å². The van der Waals surface area contributed by atoms with E-state index < -0.39 is 0 Å². The zero-order valence-corrected chi connectivity index (χ0v) is 9.11. The molecule has 0 saturated carbocycles. The van der Waals surface area contributed by atoms with Gasteiger partial charge in [0.25, 0.3) is 0 Å². The molecule has 80 valence electrons. The summed E-state index contributed by atoms with van der Waals surface area (Å²) in [5, 5.41) is 9.83. The van der Waals surface area contributed by atoms with Gasteiger partial charge in [-0.05, 0) is 50.0 Å². The molecule has 0 unspecified atom stereocenters. The van der Waals surface area contributed by atoms with Crippen molar-refractivity contribution in [3.05, 3.63) is 29.3 Å². The van der Waals surface area contributed by atoms with E-state index in [4.69, 9.17) is 0 Å². The maximum Gasteiger partial charge on any atom is 0.119 e. The fraction of sp³-hybridized carbons (Fsp3) is 0.538. The Morgan fingerprint density at radius 2 is 2.20 bits per heavy atom. The van der Waals surface area contributed by atoms with Crippen LogP contribution in [0.5, 0.6) is 5.75 Å². The van der Waals surface area contributed by atoms with Crippen molar-refractivity contribution < 1.29 is 5.11 Å². The van der Waals surface area contributed by atoms with Gasteiger partial charge in [0, 0.05) is 12.0 Å². The third kappa shape index (κ3) is 1.28. The van der Waals surface area contributed by atoms with Crippen LogP contribution in [0.1, 0.15) is 29.9 Å². The molecule has 1 aliphatic carbocycles. The van der Waals surface area contributed by atoms with Gasteiger partial charge in [-0.25, -0.2) is 0 Å². The largest absolute Gasteiger partial charge is 0.508 e. The first-order valence-electron chi connectivity index (χ1n) is 5.78. The molecule has 1 N–H and O–H groups in total. The number of rotatable bonds is 0. The van der Waals surface area contributed by atoms with E-state index in [1.54, 1.807) is 0 Å². The first-order valence-corrected chi connectivity index (χ1v) is 5.78. The van der Waals surface area contributed by atoms with Crippen molar-refractivity contribution in [2.24, 2.45) is 0 Å². The zero-order valence-electron chi connectivity index (χ0n) is 9.11. The van der Waals surface area contributed by atoms with Crippen LogP contribution in [0.3, 0.4) is 0 Å². The maximum absolute atomic E-state index is 9.83.